The molecule has 0 radical (unpaired) electrons. The number of aromatic hydroxyl groups is 1. The molecule has 22 heavy (non-hydrogen) atoms. The summed E-state index contributed by atoms with van der Waals surface area (Å²) >= 11 is 0. The Balaban J connectivity index is 1.88. The summed E-state index contributed by atoms with van der Waals surface area (Å²) in [6, 6.07) is 10.0. The molecule has 0 unspecified atom stereocenters. The Hall–Kier alpha value is -2.82. The van der Waals surface area contributed by atoms with E-state index in [4.69, 9.17) is 0 Å². The lowest BCUT2D eigenvalue weighted by Crippen LogP contribution is -2.31. The Labute approximate surface area is 127 Å². The van der Waals surface area contributed by atoms with E-state index in [0.29, 0.717) is 22.5 Å². The summed E-state index contributed by atoms with van der Waals surface area (Å²) in [5.74, 6) is -0.465. The largest absolute Gasteiger partial charge is 0.506 e. The smallest absolute Gasteiger partial charge is 0.266 e. The second kappa shape index (κ2) is 4.59. The second-order valence-corrected chi connectivity index (χ2v) is 5.48. The van der Waals surface area contributed by atoms with Crippen LogP contribution in [0.3, 0.4) is 0 Å². The molecular weight excluding hydrogens is 280 g/mol. The van der Waals surface area contributed by atoms with Crippen molar-refractivity contribution in [2.24, 2.45) is 0 Å². The van der Waals surface area contributed by atoms with Gasteiger partial charge in [-0.25, -0.2) is 4.90 Å². The van der Waals surface area contributed by atoms with Gasteiger partial charge < -0.3 is 10.4 Å². The summed E-state index contributed by atoms with van der Waals surface area (Å²) in [4.78, 5) is 26.4. The van der Waals surface area contributed by atoms with Gasteiger partial charge in [0.1, 0.15) is 5.75 Å². The summed E-state index contributed by atoms with van der Waals surface area (Å²) in [7, 11) is 0. The molecule has 2 aliphatic heterocycles. The van der Waals surface area contributed by atoms with Crippen LogP contribution in [0.2, 0.25) is 0 Å². The van der Waals surface area contributed by atoms with Gasteiger partial charge in [0, 0.05) is 12.1 Å². The number of amides is 2. The van der Waals surface area contributed by atoms with Gasteiger partial charge in [-0.3, -0.25) is 9.59 Å². The molecule has 0 aliphatic carbocycles. The minimum Gasteiger partial charge on any atom is -0.506 e. The molecule has 0 fully saturated rings. The third-order valence-corrected chi connectivity index (χ3v) is 4.21. The van der Waals surface area contributed by atoms with Gasteiger partial charge >= 0.3 is 0 Å². The van der Waals surface area contributed by atoms with E-state index >= 15 is 0 Å². The number of hydrogen-bond donors (Lipinski definition) is 2. The Bertz CT molecular complexity index is 779. The molecule has 110 valence electrons. The van der Waals surface area contributed by atoms with Crippen molar-refractivity contribution >= 4 is 23.2 Å². The third kappa shape index (κ3) is 1.65. The summed E-state index contributed by atoms with van der Waals surface area (Å²) in [6.07, 6.45) is 1.62. The fourth-order valence-corrected chi connectivity index (χ4v) is 3.17. The van der Waals surface area contributed by atoms with Gasteiger partial charge in [0.05, 0.1) is 22.5 Å². The average Bonchev–Trinajstić information content (AvgIpc) is 2.81. The van der Waals surface area contributed by atoms with Gasteiger partial charge in [0.2, 0.25) is 0 Å². The van der Waals surface area contributed by atoms with Crippen molar-refractivity contribution in [3.05, 3.63) is 53.1 Å². The van der Waals surface area contributed by atoms with Crippen molar-refractivity contribution in [3.8, 4) is 5.75 Å². The molecule has 0 saturated heterocycles. The Morgan fingerprint density at radius 3 is 2.36 bits per heavy atom. The number of nitrogens with one attached hydrogen (secondary N) is 1. The molecule has 2 N–H and O–H groups in total. The molecule has 2 aliphatic rings. The van der Waals surface area contributed by atoms with Crippen LogP contribution < -0.4 is 10.2 Å². The number of imide groups is 1. The second-order valence-electron chi connectivity index (χ2n) is 5.48. The highest BCUT2D eigenvalue weighted by atomic mass is 16.3. The van der Waals surface area contributed by atoms with Crippen molar-refractivity contribution in [2.45, 2.75) is 12.8 Å². The predicted molar refractivity (Wildman–Crippen MR) is 82.5 cm³/mol. The molecule has 2 heterocycles. The molecule has 2 aromatic rings. The highest BCUT2D eigenvalue weighted by Crippen LogP contribution is 2.40. The van der Waals surface area contributed by atoms with Gasteiger partial charge in [-0.2, -0.15) is 0 Å². The number of benzene rings is 2. The maximum atomic E-state index is 12.6. The number of phenols is 1. The topological polar surface area (TPSA) is 69.6 Å². The zero-order valence-electron chi connectivity index (χ0n) is 11.8. The molecule has 0 spiro atoms. The molecule has 0 bridgehead atoms. The van der Waals surface area contributed by atoms with Crippen LogP contribution in [0.4, 0.5) is 11.4 Å². The van der Waals surface area contributed by atoms with E-state index in [1.165, 1.54) is 11.0 Å². The number of anilines is 2. The number of nitrogens with zero attached hydrogens (tertiary/aromatic N) is 1. The van der Waals surface area contributed by atoms with E-state index in [2.05, 4.69) is 5.32 Å². The molecule has 5 heteroatoms. The molecule has 0 atom stereocenters. The molecular formula is C17H14N2O3. The van der Waals surface area contributed by atoms with Crippen LogP contribution in [0.1, 0.15) is 32.7 Å². The molecule has 2 aromatic carbocycles. The standard InChI is InChI=1S/C17H14N2O3/c20-14-8-7-13(12-6-3-9-18-15(12)14)19-16(21)10-4-1-2-5-11(10)17(19)22/h1-2,4-5,7-8,18,20H,3,6,9H2. The fourth-order valence-electron chi connectivity index (χ4n) is 3.17. The van der Waals surface area contributed by atoms with Crippen LogP contribution in [0.25, 0.3) is 0 Å². The molecule has 4 rings (SSSR count). The van der Waals surface area contributed by atoms with E-state index in [1.807, 2.05) is 0 Å². The molecule has 2 amide bonds. The zero-order valence-corrected chi connectivity index (χ0v) is 11.8. The average molecular weight is 294 g/mol. The molecule has 5 nitrogen and oxygen atoms in total. The maximum absolute atomic E-state index is 12.6. The Kier molecular flexibility index (Phi) is 2.69. The first-order chi connectivity index (χ1) is 10.7. The Morgan fingerprint density at radius 1 is 1.00 bits per heavy atom. The van der Waals surface area contributed by atoms with Crippen LogP contribution in [-0.4, -0.2) is 23.5 Å². The van der Waals surface area contributed by atoms with Crippen molar-refractivity contribution in [2.75, 3.05) is 16.8 Å². The number of hydrogen-bond acceptors (Lipinski definition) is 4. The monoisotopic (exact) mass is 294 g/mol. The van der Waals surface area contributed by atoms with E-state index in [-0.39, 0.29) is 17.6 Å². The first-order valence-corrected chi connectivity index (χ1v) is 7.25. The van der Waals surface area contributed by atoms with E-state index in [0.717, 1.165) is 24.9 Å². The minimum atomic E-state index is -0.306. The lowest BCUT2D eigenvalue weighted by atomic mass is 10.00. The lowest BCUT2D eigenvalue weighted by molar-refractivity contribution is 0.0926. The summed E-state index contributed by atoms with van der Waals surface area (Å²) in [5.41, 5.74) is 2.86. The highest BCUT2D eigenvalue weighted by molar-refractivity contribution is 6.34. The number of carbonyl (C=O) groups excluding carboxylic acids is 2. The molecule has 0 saturated carbocycles. The van der Waals surface area contributed by atoms with Crippen molar-refractivity contribution < 1.29 is 14.7 Å². The van der Waals surface area contributed by atoms with Crippen molar-refractivity contribution in [3.63, 3.8) is 0 Å². The molecule has 0 aromatic heterocycles. The van der Waals surface area contributed by atoms with E-state index in [1.54, 1.807) is 30.3 Å². The quantitative estimate of drug-likeness (QED) is 0.626. The minimum absolute atomic E-state index is 0.148. The van der Waals surface area contributed by atoms with Gasteiger partial charge in [0.25, 0.3) is 11.8 Å². The first kappa shape index (κ1) is 12.9. The third-order valence-electron chi connectivity index (χ3n) is 4.21. The van der Waals surface area contributed by atoms with Gasteiger partial charge in [-0.15, -0.1) is 0 Å². The van der Waals surface area contributed by atoms with Crippen molar-refractivity contribution in [1.82, 2.24) is 0 Å². The lowest BCUT2D eigenvalue weighted by Gasteiger charge is -2.25. The van der Waals surface area contributed by atoms with Gasteiger partial charge in [-0.1, -0.05) is 12.1 Å². The number of fused-ring (bicyclic) bond motifs is 2. The van der Waals surface area contributed by atoms with E-state index in [9.17, 15) is 14.7 Å². The zero-order chi connectivity index (χ0) is 15.3. The summed E-state index contributed by atoms with van der Waals surface area (Å²) < 4.78 is 0. The van der Waals surface area contributed by atoms with Gasteiger partial charge in [-0.05, 0) is 37.1 Å². The Morgan fingerprint density at radius 2 is 1.68 bits per heavy atom. The van der Waals surface area contributed by atoms with Crippen LogP contribution in [0.15, 0.2) is 36.4 Å². The van der Waals surface area contributed by atoms with E-state index < -0.39 is 0 Å². The first-order valence-electron chi connectivity index (χ1n) is 7.25. The van der Waals surface area contributed by atoms with Crippen LogP contribution in [0.5, 0.6) is 5.75 Å². The van der Waals surface area contributed by atoms with Gasteiger partial charge in [0.15, 0.2) is 0 Å². The normalized spacial score (nSPS) is 16.3. The van der Waals surface area contributed by atoms with Crippen LogP contribution in [-0.2, 0) is 6.42 Å². The number of rotatable bonds is 1. The fraction of sp³-hybridized carbons (Fsp3) is 0.176. The van der Waals surface area contributed by atoms with Crippen LogP contribution in [0, 0.1) is 0 Å². The van der Waals surface area contributed by atoms with Crippen LogP contribution >= 0.6 is 0 Å². The maximum Gasteiger partial charge on any atom is 0.266 e. The number of carbonyl (C=O) groups is 2. The SMILES string of the molecule is O=C1c2ccccc2C(=O)N1c1ccc(O)c2c1CCCN2. The van der Waals surface area contributed by atoms with Crippen molar-refractivity contribution in [1.29, 1.82) is 0 Å². The summed E-state index contributed by atoms with van der Waals surface area (Å²) in [6.45, 7) is 0.770. The predicted octanol–water partition coefficient (Wildman–Crippen LogP) is 2.55. The summed E-state index contributed by atoms with van der Waals surface area (Å²) in [5, 5.41) is 13.1. The number of phenolic OH excluding ortho intramolecular Hbond substituents is 1. The highest BCUT2D eigenvalue weighted by Gasteiger charge is 2.38.